The number of hydrogen-bond donors (Lipinski definition) is 1. The van der Waals surface area contributed by atoms with Crippen molar-refractivity contribution in [1.29, 1.82) is 0 Å². The Hall–Kier alpha value is -1.42. The Bertz CT molecular complexity index is 381. The molecule has 0 saturated carbocycles. The van der Waals surface area contributed by atoms with Gasteiger partial charge in [-0.1, -0.05) is 0 Å². The summed E-state index contributed by atoms with van der Waals surface area (Å²) < 4.78 is 0. The highest BCUT2D eigenvalue weighted by Crippen LogP contribution is 2.25. The van der Waals surface area contributed by atoms with Crippen molar-refractivity contribution in [2.24, 2.45) is 5.92 Å². The van der Waals surface area contributed by atoms with E-state index in [1.807, 2.05) is 17.0 Å². The van der Waals surface area contributed by atoms with E-state index in [-0.39, 0.29) is 5.91 Å². The van der Waals surface area contributed by atoms with Gasteiger partial charge in [-0.05, 0) is 31.0 Å². The number of amides is 1. The van der Waals surface area contributed by atoms with Crippen molar-refractivity contribution >= 4 is 5.91 Å². The molecule has 4 nitrogen and oxygen atoms in total. The fourth-order valence-electron chi connectivity index (χ4n) is 2.69. The fraction of sp³-hybridized carbons (Fsp3) is 0.500. The first kappa shape index (κ1) is 9.78. The topological polar surface area (TPSA) is 45.2 Å². The number of fused-ring (bicyclic) bond motifs is 1. The summed E-state index contributed by atoms with van der Waals surface area (Å²) in [5.74, 6) is 0.768. The number of hydrogen-bond acceptors (Lipinski definition) is 3. The maximum atomic E-state index is 12.1. The van der Waals surface area contributed by atoms with Crippen LogP contribution < -0.4 is 5.32 Å². The van der Waals surface area contributed by atoms with Gasteiger partial charge in [-0.15, -0.1) is 0 Å². The van der Waals surface area contributed by atoms with Crippen LogP contribution in [0.15, 0.2) is 24.5 Å². The van der Waals surface area contributed by atoms with Gasteiger partial charge in [0, 0.05) is 31.5 Å². The van der Waals surface area contributed by atoms with Crippen LogP contribution >= 0.6 is 0 Å². The first-order valence-electron chi connectivity index (χ1n) is 5.77. The molecule has 3 heterocycles. The van der Waals surface area contributed by atoms with Gasteiger partial charge in [0.15, 0.2) is 0 Å². The van der Waals surface area contributed by atoms with E-state index in [9.17, 15) is 4.79 Å². The predicted molar refractivity (Wildman–Crippen MR) is 60.0 cm³/mol. The van der Waals surface area contributed by atoms with Gasteiger partial charge in [-0.2, -0.15) is 0 Å². The molecule has 1 N–H and O–H groups in total. The van der Waals surface area contributed by atoms with Crippen LogP contribution in [0.2, 0.25) is 0 Å². The maximum Gasteiger partial charge on any atom is 0.255 e. The van der Waals surface area contributed by atoms with E-state index in [0.29, 0.717) is 17.5 Å². The summed E-state index contributed by atoms with van der Waals surface area (Å²) in [7, 11) is 0. The van der Waals surface area contributed by atoms with E-state index in [1.54, 1.807) is 12.4 Å². The highest BCUT2D eigenvalue weighted by molar-refractivity contribution is 5.94. The number of carbonyl (C=O) groups is 1. The second kappa shape index (κ2) is 3.87. The van der Waals surface area contributed by atoms with Crippen LogP contribution in [-0.4, -0.2) is 41.5 Å². The summed E-state index contributed by atoms with van der Waals surface area (Å²) in [5, 5.41) is 3.45. The third kappa shape index (κ3) is 1.59. The third-order valence-corrected chi connectivity index (χ3v) is 3.56. The van der Waals surface area contributed by atoms with Gasteiger partial charge in [0.2, 0.25) is 0 Å². The van der Waals surface area contributed by atoms with Crippen molar-refractivity contribution in [3.63, 3.8) is 0 Å². The van der Waals surface area contributed by atoms with Gasteiger partial charge in [0.05, 0.1) is 5.56 Å². The van der Waals surface area contributed by atoms with Crippen LogP contribution in [0.3, 0.4) is 0 Å². The molecular formula is C12H15N3O. The smallest absolute Gasteiger partial charge is 0.255 e. The molecule has 0 unspecified atom stereocenters. The molecule has 4 heteroatoms. The Morgan fingerprint density at radius 3 is 3.19 bits per heavy atom. The predicted octanol–water partition coefficient (Wildman–Crippen LogP) is 0.515. The van der Waals surface area contributed by atoms with Gasteiger partial charge < -0.3 is 10.2 Å². The molecule has 0 spiro atoms. The number of pyridine rings is 1. The van der Waals surface area contributed by atoms with Crippen molar-refractivity contribution in [1.82, 2.24) is 15.2 Å². The number of nitrogens with one attached hydrogen (secondary N) is 1. The van der Waals surface area contributed by atoms with Gasteiger partial charge >= 0.3 is 0 Å². The average molecular weight is 217 g/mol. The fourth-order valence-corrected chi connectivity index (χ4v) is 2.69. The van der Waals surface area contributed by atoms with Crippen LogP contribution in [0.5, 0.6) is 0 Å². The minimum atomic E-state index is 0.115. The third-order valence-electron chi connectivity index (χ3n) is 3.56. The molecule has 1 aromatic rings. The normalized spacial score (nSPS) is 28.1. The Balaban J connectivity index is 1.73. The van der Waals surface area contributed by atoms with Crippen LogP contribution in [0.1, 0.15) is 16.8 Å². The van der Waals surface area contributed by atoms with Crippen molar-refractivity contribution < 1.29 is 4.79 Å². The van der Waals surface area contributed by atoms with Gasteiger partial charge in [0.25, 0.3) is 5.91 Å². The Morgan fingerprint density at radius 1 is 1.50 bits per heavy atom. The van der Waals surface area contributed by atoms with E-state index in [1.165, 1.54) is 6.42 Å². The highest BCUT2D eigenvalue weighted by Gasteiger charge is 2.38. The minimum Gasteiger partial charge on any atom is -0.337 e. The van der Waals surface area contributed by atoms with E-state index >= 15 is 0 Å². The molecule has 0 radical (unpaired) electrons. The van der Waals surface area contributed by atoms with E-state index in [2.05, 4.69) is 10.3 Å². The van der Waals surface area contributed by atoms with E-state index in [0.717, 1.165) is 19.6 Å². The standard InChI is InChI=1S/C12H15N3O/c16-12(9-2-1-4-13-6-9)15-7-10-3-5-14-11(10)8-15/h1-2,4,6,10-11,14H,3,5,7-8H2/t10-,11+/m0/s1. The molecule has 2 saturated heterocycles. The molecule has 1 aromatic heterocycles. The average Bonchev–Trinajstić information content (AvgIpc) is 2.89. The zero-order chi connectivity index (χ0) is 11.0. The van der Waals surface area contributed by atoms with Crippen molar-refractivity contribution in [3.8, 4) is 0 Å². The second-order valence-electron chi connectivity index (χ2n) is 4.56. The molecule has 0 aliphatic carbocycles. The molecule has 2 aliphatic rings. The molecule has 2 atom stereocenters. The second-order valence-corrected chi connectivity index (χ2v) is 4.56. The molecule has 84 valence electrons. The van der Waals surface area contributed by atoms with Crippen molar-refractivity contribution in [2.75, 3.05) is 19.6 Å². The Morgan fingerprint density at radius 2 is 2.44 bits per heavy atom. The zero-order valence-corrected chi connectivity index (χ0v) is 9.10. The molecule has 2 aliphatic heterocycles. The molecule has 2 fully saturated rings. The lowest BCUT2D eigenvalue weighted by Crippen LogP contribution is -2.33. The molecule has 0 bridgehead atoms. The molecular weight excluding hydrogens is 202 g/mol. The van der Waals surface area contributed by atoms with Crippen LogP contribution in [0, 0.1) is 5.92 Å². The first-order chi connectivity index (χ1) is 7.84. The van der Waals surface area contributed by atoms with Crippen LogP contribution in [0.25, 0.3) is 0 Å². The summed E-state index contributed by atoms with van der Waals surface area (Å²) in [5.41, 5.74) is 0.697. The summed E-state index contributed by atoms with van der Waals surface area (Å²) in [6.45, 7) is 2.84. The number of nitrogens with zero attached hydrogens (tertiary/aromatic N) is 2. The molecule has 0 aromatic carbocycles. The largest absolute Gasteiger partial charge is 0.337 e. The van der Waals surface area contributed by atoms with Crippen LogP contribution in [-0.2, 0) is 0 Å². The molecule has 16 heavy (non-hydrogen) atoms. The zero-order valence-electron chi connectivity index (χ0n) is 9.10. The van der Waals surface area contributed by atoms with Gasteiger partial charge in [-0.3, -0.25) is 9.78 Å². The number of rotatable bonds is 1. The summed E-state index contributed by atoms with van der Waals surface area (Å²) in [6.07, 6.45) is 4.53. The van der Waals surface area contributed by atoms with Crippen molar-refractivity contribution in [3.05, 3.63) is 30.1 Å². The quantitative estimate of drug-likeness (QED) is 0.745. The number of likely N-dealkylation sites (tertiary alicyclic amines) is 1. The first-order valence-corrected chi connectivity index (χ1v) is 5.77. The van der Waals surface area contributed by atoms with E-state index < -0.39 is 0 Å². The maximum absolute atomic E-state index is 12.1. The lowest BCUT2D eigenvalue weighted by Gasteiger charge is -2.16. The molecule has 1 amide bonds. The monoisotopic (exact) mass is 217 g/mol. The summed E-state index contributed by atoms with van der Waals surface area (Å²) >= 11 is 0. The lowest BCUT2D eigenvalue weighted by atomic mass is 10.1. The summed E-state index contributed by atoms with van der Waals surface area (Å²) in [6, 6.07) is 4.15. The highest BCUT2D eigenvalue weighted by atomic mass is 16.2. The summed E-state index contributed by atoms with van der Waals surface area (Å²) in [4.78, 5) is 18.1. The Labute approximate surface area is 94.7 Å². The van der Waals surface area contributed by atoms with Gasteiger partial charge in [-0.25, -0.2) is 0 Å². The lowest BCUT2D eigenvalue weighted by molar-refractivity contribution is 0.0782. The van der Waals surface area contributed by atoms with Crippen LogP contribution in [0.4, 0.5) is 0 Å². The SMILES string of the molecule is O=C(c1cccnc1)N1C[C@@H]2CCN[C@@H]2C1. The van der Waals surface area contributed by atoms with Gasteiger partial charge in [0.1, 0.15) is 0 Å². The van der Waals surface area contributed by atoms with Crippen molar-refractivity contribution in [2.45, 2.75) is 12.5 Å². The number of carbonyl (C=O) groups excluding carboxylic acids is 1. The molecule has 3 rings (SSSR count). The minimum absolute atomic E-state index is 0.115. The Kier molecular flexibility index (Phi) is 2.36. The van der Waals surface area contributed by atoms with E-state index in [4.69, 9.17) is 0 Å². The number of aromatic nitrogens is 1.